The van der Waals surface area contributed by atoms with Gasteiger partial charge in [0.25, 0.3) is 0 Å². The van der Waals surface area contributed by atoms with Gasteiger partial charge in [-0.15, -0.1) is 0 Å². The zero-order valence-corrected chi connectivity index (χ0v) is 8.47. The molecule has 1 heterocycles. The van der Waals surface area contributed by atoms with Gasteiger partial charge < -0.3 is 14.7 Å². The molecular formula is C11H13BNO2. The van der Waals surface area contributed by atoms with Gasteiger partial charge in [0.2, 0.25) is 0 Å². The molecule has 4 heteroatoms. The number of benzene rings is 1. The molecule has 1 atom stereocenters. The lowest BCUT2D eigenvalue weighted by atomic mass is 9.84. The quantitative estimate of drug-likeness (QED) is 0.572. The number of hydrogen-bond donors (Lipinski definition) is 1. The van der Waals surface area contributed by atoms with Crippen molar-refractivity contribution in [1.29, 1.82) is 0 Å². The van der Waals surface area contributed by atoms with Gasteiger partial charge in [0.05, 0.1) is 0 Å². The van der Waals surface area contributed by atoms with Crippen LogP contribution in [0.2, 0.25) is 0 Å². The molecule has 1 aromatic carbocycles. The van der Waals surface area contributed by atoms with Gasteiger partial charge in [0.15, 0.2) is 0 Å². The van der Waals surface area contributed by atoms with Crippen molar-refractivity contribution in [2.75, 3.05) is 18.0 Å². The number of carbonyl (C=O) groups excluding carboxylic acids is 1. The van der Waals surface area contributed by atoms with E-state index in [1.54, 1.807) is 0 Å². The largest absolute Gasteiger partial charge is 0.412 e. The lowest BCUT2D eigenvalue weighted by molar-refractivity contribution is 0.227. The van der Waals surface area contributed by atoms with Gasteiger partial charge >= 0.3 is 7.41 Å². The molecule has 0 bridgehead atoms. The van der Waals surface area contributed by atoms with Crippen molar-refractivity contribution >= 4 is 19.3 Å². The first-order valence-corrected chi connectivity index (χ1v) is 5.09. The third-order valence-electron chi connectivity index (χ3n) is 2.76. The van der Waals surface area contributed by atoms with E-state index in [-0.39, 0.29) is 12.5 Å². The number of carbonyl (C=O) groups is 1. The van der Waals surface area contributed by atoms with Crippen LogP contribution in [0, 0.1) is 5.92 Å². The minimum atomic E-state index is 0.164. The summed E-state index contributed by atoms with van der Waals surface area (Å²) in [5.74, 6) is 0.219. The summed E-state index contributed by atoms with van der Waals surface area (Å²) in [6, 6.07) is 7.99. The van der Waals surface area contributed by atoms with Gasteiger partial charge in [-0.1, -0.05) is 18.2 Å². The van der Waals surface area contributed by atoms with E-state index < -0.39 is 0 Å². The minimum Gasteiger partial charge on any atom is -0.412 e. The zero-order chi connectivity index (χ0) is 10.7. The van der Waals surface area contributed by atoms with Crippen molar-refractivity contribution in [2.24, 2.45) is 5.92 Å². The number of para-hydroxylation sites is 1. The zero-order valence-electron chi connectivity index (χ0n) is 8.47. The van der Waals surface area contributed by atoms with Crippen molar-refractivity contribution in [2.45, 2.75) is 6.42 Å². The highest BCUT2D eigenvalue weighted by atomic mass is 16.3. The van der Waals surface area contributed by atoms with Gasteiger partial charge in [0.1, 0.15) is 6.19 Å². The summed E-state index contributed by atoms with van der Waals surface area (Å²) in [6.45, 7) is 0.879. The van der Waals surface area contributed by atoms with Crippen molar-refractivity contribution in [1.82, 2.24) is 0 Å². The highest BCUT2D eigenvalue weighted by Gasteiger charge is 2.23. The average Bonchev–Trinajstić information content (AvgIpc) is 2.29. The summed E-state index contributed by atoms with van der Waals surface area (Å²) >= 11 is 0. The molecular weight excluding hydrogens is 189 g/mol. The van der Waals surface area contributed by atoms with E-state index in [1.807, 2.05) is 29.1 Å². The van der Waals surface area contributed by atoms with Crippen molar-refractivity contribution in [3.8, 4) is 0 Å². The Morgan fingerprint density at radius 1 is 1.53 bits per heavy atom. The summed E-state index contributed by atoms with van der Waals surface area (Å²) in [5, 5.41) is 9.17. The standard InChI is InChI=1S/C11H13BNO2/c14-7-9-5-10-3-1-2-4-11(10)13(6-9)12-8-15/h1-4,8-9,14H,5-7H2. The van der Waals surface area contributed by atoms with Crippen LogP contribution in [0.15, 0.2) is 24.3 Å². The van der Waals surface area contributed by atoms with Crippen molar-refractivity contribution in [3.63, 3.8) is 0 Å². The van der Waals surface area contributed by atoms with Crippen LogP contribution in [0.4, 0.5) is 5.69 Å². The summed E-state index contributed by atoms with van der Waals surface area (Å²) in [6.07, 6.45) is 1.67. The van der Waals surface area contributed by atoms with E-state index in [0.29, 0.717) is 6.54 Å². The molecule has 1 unspecified atom stereocenters. The summed E-state index contributed by atoms with van der Waals surface area (Å²) < 4.78 is 0. The van der Waals surface area contributed by atoms with Crippen LogP contribution < -0.4 is 4.81 Å². The molecule has 1 aliphatic rings. The molecule has 0 fully saturated rings. The fourth-order valence-corrected chi connectivity index (χ4v) is 2.05. The Kier molecular flexibility index (Phi) is 3.06. The number of aliphatic hydroxyl groups excluding tert-OH is 1. The third kappa shape index (κ3) is 2.05. The Labute approximate surface area is 90.0 Å². The van der Waals surface area contributed by atoms with Crippen LogP contribution in [-0.2, 0) is 11.2 Å². The predicted molar refractivity (Wildman–Crippen MR) is 60.6 cm³/mol. The molecule has 0 aliphatic carbocycles. The number of rotatable bonds is 3. The molecule has 15 heavy (non-hydrogen) atoms. The molecule has 2 rings (SSSR count). The van der Waals surface area contributed by atoms with E-state index in [9.17, 15) is 9.90 Å². The fraction of sp³-hybridized carbons (Fsp3) is 0.364. The topological polar surface area (TPSA) is 40.5 Å². The van der Waals surface area contributed by atoms with Gasteiger partial charge in [-0.05, 0) is 18.1 Å². The second-order valence-corrected chi connectivity index (χ2v) is 3.82. The lowest BCUT2D eigenvalue weighted by Crippen LogP contribution is -2.40. The molecule has 1 N–H and O–H groups in total. The Morgan fingerprint density at radius 2 is 2.33 bits per heavy atom. The highest BCUT2D eigenvalue weighted by molar-refractivity contribution is 6.70. The molecule has 1 aliphatic heterocycles. The third-order valence-corrected chi connectivity index (χ3v) is 2.76. The number of anilines is 1. The second-order valence-electron chi connectivity index (χ2n) is 3.82. The first-order chi connectivity index (χ1) is 7.35. The Balaban J connectivity index is 2.29. The molecule has 0 saturated carbocycles. The molecule has 0 spiro atoms. The number of nitrogens with zero attached hydrogens (tertiary/aromatic N) is 1. The van der Waals surface area contributed by atoms with Crippen molar-refractivity contribution < 1.29 is 9.90 Å². The predicted octanol–water partition coefficient (Wildman–Crippen LogP) is 0.467. The molecule has 0 saturated heterocycles. The average molecular weight is 202 g/mol. The molecule has 1 radical (unpaired) electrons. The first-order valence-electron chi connectivity index (χ1n) is 5.09. The highest BCUT2D eigenvalue weighted by Crippen LogP contribution is 2.28. The van der Waals surface area contributed by atoms with Crippen LogP contribution in [-0.4, -0.2) is 31.9 Å². The number of hydrogen-bond acceptors (Lipinski definition) is 3. The van der Waals surface area contributed by atoms with E-state index in [1.165, 1.54) is 13.0 Å². The van der Waals surface area contributed by atoms with Crippen LogP contribution in [0.25, 0.3) is 0 Å². The minimum absolute atomic E-state index is 0.164. The van der Waals surface area contributed by atoms with Gasteiger partial charge in [-0.3, -0.25) is 0 Å². The van der Waals surface area contributed by atoms with Gasteiger partial charge in [-0.2, -0.15) is 0 Å². The number of fused-ring (bicyclic) bond motifs is 1. The molecule has 0 amide bonds. The maximum Gasteiger partial charge on any atom is 0.328 e. The van der Waals surface area contributed by atoms with Crippen molar-refractivity contribution in [3.05, 3.63) is 29.8 Å². The fourth-order valence-electron chi connectivity index (χ4n) is 2.05. The SMILES string of the molecule is O=C[B]N1CC(CO)Cc2ccccc21. The van der Waals surface area contributed by atoms with Gasteiger partial charge in [0, 0.05) is 24.8 Å². The number of aliphatic hydroxyl groups is 1. The van der Waals surface area contributed by atoms with E-state index in [4.69, 9.17) is 0 Å². The van der Waals surface area contributed by atoms with E-state index in [0.717, 1.165) is 18.3 Å². The lowest BCUT2D eigenvalue weighted by Gasteiger charge is -2.34. The second kappa shape index (κ2) is 4.49. The van der Waals surface area contributed by atoms with Crippen LogP contribution >= 0.6 is 0 Å². The molecule has 0 aromatic heterocycles. The van der Waals surface area contributed by atoms with Crippen LogP contribution in [0.5, 0.6) is 0 Å². The van der Waals surface area contributed by atoms with Crippen LogP contribution in [0.1, 0.15) is 5.56 Å². The monoisotopic (exact) mass is 202 g/mol. The van der Waals surface area contributed by atoms with Crippen LogP contribution in [0.3, 0.4) is 0 Å². The maximum absolute atomic E-state index is 10.5. The van der Waals surface area contributed by atoms with E-state index >= 15 is 0 Å². The molecule has 1 aromatic rings. The van der Waals surface area contributed by atoms with E-state index in [2.05, 4.69) is 0 Å². The summed E-state index contributed by atoms with van der Waals surface area (Å²) in [5.41, 5.74) is 2.27. The Morgan fingerprint density at radius 3 is 3.07 bits per heavy atom. The summed E-state index contributed by atoms with van der Waals surface area (Å²) in [7, 11) is 1.53. The summed E-state index contributed by atoms with van der Waals surface area (Å²) in [4.78, 5) is 12.4. The maximum atomic E-state index is 10.5. The molecule has 3 nitrogen and oxygen atoms in total. The molecule has 77 valence electrons. The smallest absolute Gasteiger partial charge is 0.328 e. The Bertz CT molecular complexity index is 356. The van der Waals surface area contributed by atoms with Gasteiger partial charge in [-0.25, -0.2) is 0 Å². The normalized spacial score (nSPS) is 19.5. The Hall–Kier alpha value is -1.29. The first kappa shape index (κ1) is 10.2.